The molecule has 9 nitrogen and oxygen atoms in total. The smallest absolute Gasteiger partial charge is 0.306 e. The highest BCUT2D eigenvalue weighted by Gasteiger charge is 2.22. The Morgan fingerprint density at radius 1 is 0.372 bits per heavy atom. The van der Waals surface area contributed by atoms with Crippen molar-refractivity contribution in [2.24, 2.45) is 0 Å². The van der Waals surface area contributed by atoms with Crippen LogP contribution in [0.15, 0.2) is 122 Å². The molecular formula is C76H132NO8P. The molecule has 0 aromatic heterocycles. The normalized spacial score (nSPS) is 13.9. The summed E-state index contributed by atoms with van der Waals surface area (Å²) in [6.07, 6.45) is 94.2. The number of esters is 2. The molecule has 494 valence electrons. The third-order valence-electron chi connectivity index (χ3n) is 15.0. The lowest BCUT2D eigenvalue weighted by molar-refractivity contribution is -0.870. The van der Waals surface area contributed by atoms with Crippen LogP contribution in [0.25, 0.3) is 0 Å². The summed E-state index contributed by atoms with van der Waals surface area (Å²) in [5.41, 5.74) is 0. The van der Waals surface area contributed by atoms with Crippen LogP contribution >= 0.6 is 7.82 Å². The topological polar surface area (TPSA) is 111 Å². The molecule has 0 rings (SSSR count). The highest BCUT2D eigenvalue weighted by Crippen LogP contribution is 2.38. The van der Waals surface area contributed by atoms with Gasteiger partial charge in [-0.1, -0.05) is 296 Å². The van der Waals surface area contributed by atoms with Crippen LogP contribution in [-0.2, 0) is 32.7 Å². The van der Waals surface area contributed by atoms with E-state index in [1.54, 1.807) is 0 Å². The van der Waals surface area contributed by atoms with Gasteiger partial charge in [0.25, 0.3) is 7.82 Å². The Hall–Kier alpha value is -3.59. The van der Waals surface area contributed by atoms with E-state index in [0.717, 1.165) is 116 Å². The van der Waals surface area contributed by atoms with Crippen molar-refractivity contribution in [1.82, 2.24) is 0 Å². The summed E-state index contributed by atoms with van der Waals surface area (Å²) < 4.78 is 34.3. The molecule has 10 heteroatoms. The summed E-state index contributed by atoms with van der Waals surface area (Å²) in [6.45, 7) is 4.11. The Morgan fingerprint density at radius 2 is 0.663 bits per heavy atom. The maximum Gasteiger partial charge on any atom is 0.306 e. The van der Waals surface area contributed by atoms with Gasteiger partial charge in [0.1, 0.15) is 19.8 Å². The minimum Gasteiger partial charge on any atom is -0.756 e. The Bertz CT molecular complexity index is 1870. The molecule has 0 aromatic carbocycles. The molecule has 0 radical (unpaired) electrons. The van der Waals surface area contributed by atoms with Crippen LogP contribution in [0.3, 0.4) is 0 Å². The van der Waals surface area contributed by atoms with E-state index < -0.39 is 26.5 Å². The lowest BCUT2D eigenvalue weighted by atomic mass is 10.0. The maximum absolute atomic E-state index is 12.9. The minimum atomic E-state index is -4.65. The molecule has 0 saturated carbocycles. The standard InChI is InChI=1S/C76H132NO8P/c1-6-8-10-12-14-16-18-20-22-24-26-28-30-32-34-36-38-40-42-44-46-48-50-52-54-56-58-60-62-64-66-68-75(78)82-72-74(73-84-86(80,81)83-71-70-77(3,4)5)85-76(79)69-67-65-63-61-59-57-55-53-51-49-47-45-43-41-39-37-35-33-31-29-27-25-23-21-19-17-15-13-11-9-7-2/h9,11,15,17-18,20-21,23-24,26-27,29,33,35,39,41,45,47,51,53,74H,6-8,10,12-14,16,19,22,25,28,30-32,34,36-38,40,42-44,46,48-50,52,54-73H2,1-5H3/b11-9-,17-15-,20-18-,23-21-,26-24-,29-27-,35-33-,41-39-,47-45-,53-51-. The second-order valence-corrected chi connectivity index (χ2v) is 25.9. The number of nitrogens with zero attached hydrogens (tertiary/aromatic N) is 1. The van der Waals surface area contributed by atoms with E-state index in [1.165, 1.54) is 148 Å². The number of unbranched alkanes of at least 4 members (excludes halogenated alkanes) is 30. The summed E-state index contributed by atoms with van der Waals surface area (Å²) in [5.74, 6) is -0.848. The number of phosphoric acid groups is 1. The fraction of sp³-hybridized carbons (Fsp3) is 0.711. The third kappa shape index (κ3) is 69.5. The first-order valence-corrected chi connectivity index (χ1v) is 36.7. The van der Waals surface area contributed by atoms with Crippen LogP contribution in [0.4, 0.5) is 0 Å². The monoisotopic (exact) mass is 1220 g/mol. The van der Waals surface area contributed by atoms with Gasteiger partial charge in [-0.3, -0.25) is 14.2 Å². The average molecular weight is 1220 g/mol. The van der Waals surface area contributed by atoms with Gasteiger partial charge in [-0.05, 0) is 109 Å². The molecule has 0 saturated heterocycles. The number of hydrogen-bond donors (Lipinski definition) is 0. The molecule has 0 aliphatic rings. The first-order valence-electron chi connectivity index (χ1n) is 35.2. The zero-order valence-corrected chi connectivity index (χ0v) is 57.1. The summed E-state index contributed by atoms with van der Waals surface area (Å²) in [7, 11) is 1.15. The molecule has 0 aromatic rings. The fourth-order valence-corrected chi connectivity index (χ4v) is 10.3. The van der Waals surface area contributed by atoms with Gasteiger partial charge < -0.3 is 27.9 Å². The van der Waals surface area contributed by atoms with Crippen LogP contribution in [0.1, 0.15) is 296 Å². The largest absolute Gasteiger partial charge is 0.756 e. The van der Waals surface area contributed by atoms with E-state index in [0.29, 0.717) is 17.4 Å². The van der Waals surface area contributed by atoms with Crippen molar-refractivity contribution in [3.8, 4) is 0 Å². The van der Waals surface area contributed by atoms with E-state index in [1.807, 2.05) is 21.1 Å². The number of phosphoric ester groups is 1. The van der Waals surface area contributed by atoms with Crippen LogP contribution in [0, 0.1) is 0 Å². The average Bonchev–Trinajstić information content (AvgIpc) is 3.56. The van der Waals surface area contributed by atoms with Crippen molar-refractivity contribution in [1.29, 1.82) is 0 Å². The molecule has 0 aliphatic heterocycles. The first kappa shape index (κ1) is 82.4. The molecule has 86 heavy (non-hydrogen) atoms. The van der Waals surface area contributed by atoms with Crippen molar-refractivity contribution in [2.75, 3.05) is 47.5 Å². The zero-order valence-electron chi connectivity index (χ0n) is 56.2. The number of quaternary nitrogens is 1. The molecule has 0 fully saturated rings. The molecular weight excluding hydrogens is 1090 g/mol. The van der Waals surface area contributed by atoms with Crippen LogP contribution < -0.4 is 4.89 Å². The van der Waals surface area contributed by atoms with E-state index in [4.69, 9.17) is 18.5 Å². The molecule has 2 atom stereocenters. The summed E-state index contributed by atoms with van der Waals surface area (Å²) >= 11 is 0. The van der Waals surface area contributed by atoms with Gasteiger partial charge >= 0.3 is 11.9 Å². The van der Waals surface area contributed by atoms with Gasteiger partial charge in [-0.15, -0.1) is 0 Å². The molecule has 0 bridgehead atoms. The van der Waals surface area contributed by atoms with E-state index in [-0.39, 0.29) is 32.0 Å². The molecule has 2 unspecified atom stereocenters. The molecule has 0 aliphatic carbocycles. The zero-order chi connectivity index (χ0) is 62.6. The van der Waals surface area contributed by atoms with Crippen LogP contribution in [0.5, 0.6) is 0 Å². The highest BCUT2D eigenvalue weighted by atomic mass is 31.2. The van der Waals surface area contributed by atoms with Gasteiger partial charge in [0, 0.05) is 12.8 Å². The highest BCUT2D eigenvalue weighted by molar-refractivity contribution is 7.45. The van der Waals surface area contributed by atoms with E-state index in [9.17, 15) is 19.0 Å². The first-order chi connectivity index (χ1) is 42.0. The Morgan fingerprint density at radius 3 is 0.988 bits per heavy atom. The van der Waals surface area contributed by atoms with Crippen molar-refractivity contribution in [3.05, 3.63) is 122 Å². The lowest BCUT2D eigenvalue weighted by Crippen LogP contribution is -2.37. The Balaban J connectivity index is 4.11. The quantitative estimate of drug-likeness (QED) is 0.0195. The SMILES string of the molecule is CC/C=C\C/C=C\C/C=C\C/C=C\C/C=C\C/C=C\C/C=C\C/C=C\CCCCCCCCC(=O)OC(COC(=O)CCCCCCCCCCCCCCCCCCCCC/C=C\C/C=C\CCCCCCC)COP(=O)([O-])OCC[N+](C)(C)C. The summed E-state index contributed by atoms with van der Waals surface area (Å²) in [6, 6.07) is 0. The van der Waals surface area contributed by atoms with Crippen LogP contribution in [-0.4, -0.2) is 70.0 Å². The Labute approximate surface area is 530 Å². The summed E-state index contributed by atoms with van der Waals surface area (Å²) in [4.78, 5) is 38.1. The van der Waals surface area contributed by atoms with Crippen molar-refractivity contribution >= 4 is 19.8 Å². The maximum atomic E-state index is 12.9. The second-order valence-electron chi connectivity index (χ2n) is 24.5. The Kier molecular flexibility index (Phi) is 63.1. The number of carbonyl (C=O) groups excluding carboxylic acids is 2. The number of carbonyl (C=O) groups is 2. The number of allylic oxidation sites excluding steroid dienone is 20. The van der Waals surface area contributed by atoms with Crippen molar-refractivity contribution in [2.45, 2.75) is 302 Å². The van der Waals surface area contributed by atoms with Gasteiger partial charge in [0.05, 0.1) is 27.7 Å². The summed E-state index contributed by atoms with van der Waals surface area (Å²) in [5, 5.41) is 0. The number of ether oxygens (including phenoxy) is 2. The van der Waals surface area contributed by atoms with E-state index >= 15 is 0 Å². The fourth-order valence-electron chi connectivity index (χ4n) is 9.59. The van der Waals surface area contributed by atoms with Gasteiger partial charge in [0.2, 0.25) is 0 Å². The molecule has 0 N–H and O–H groups in total. The minimum absolute atomic E-state index is 0.0390. The van der Waals surface area contributed by atoms with E-state index in [2.05, 4.69) is 135 Å². The predicted molar refractivity (Wildman–Crippen MR) is 369 cm³/mol. The lowest BCUT2D eigenvalue weighted by Gasteiger charge is -2.28. The number of likely N-dealkylation sites (N-methyl/N-ethyl adjacent to an activating group) is 1. The van der Waals surface area contributed by atoms with Crippen LogP contribution in [0.2, 0.25) is 0 Å². The number of rotatable bonds is 64. The molecule has 0 spiro atoms. The van der Waals surface area contributed by atoms with Gasteiger partial charge in [-0.25, -0.2) is 0 Å². The second kappa shape index (κ2) is 65.8. The van der Waals surface area contributed by atoms with Crippen molar-refractivity contribution in [3.63, 3.8) is 0 Å². The van der Waals surface area contributed by atoms with Crippen molar-refractivity contribution < 1.29 is 42.1 Å². The third-order valence-corrected chi connectivity index (χ3v) is 15.9. The predicted octanol–water partition coefficient (Wildman–Crippen LogP) is 22.4. The van der Waals surface area contributed by atoms with Gasteiger partial charge in [0.15, 0.2) is 6.10 Å². The molecule has 0 amide bonds. The van der Waals surface area contributed by atoms with Gasteiger partial charge in [-0.2, -0.15) is 0 Å². The molecule has 0 heterocycles. The number of hydrogen-bond acceptors (Lipinski definition) is 8.